The second-order valence-corrected chi connectivity index (χ2v) is 6.56. The number of nitrogens with zero attached hydrogens (tertiary/aromatic N) is 1. The SMILES string of the molecule is O=C1NC(=S)N(c2ccc(F)c(Cl)c2)C(=O)/C1=C/c1ccc(I)o1. The monoisotopic (exact) mass is 476 g/mol. The van der Waals surface area contributed by atoms with Crippen molar-refractivity contribution in [1.29, 1.82) is 0 Å². The first-order valence-corrected chi connectivity index (χ1v) is 8.35. The standard InChI is InChI=1S/C15H7ClFIN2O3S/c16-10-5-7(1-3-11(10)17)20-14(22)9(13(21)19-15(20)24)6-8-2-4-12(18)23-8/h1-6H,(H,19,21,24)/b9-6+. The number of thiocarbonyl (C=S) groups is 1. The second-order valence-electron chi connectivity index (χ2n) is 4.70. The van der Waals surface area contributed by atoms with Crippen molar-refractivity contribution in [3.05, 3.63) is 56.3 Å². The molecule has 1 fully saturated rings. The van der Waals surface area contributed by atoms with E-state index in [2.05, 4.69) is 5.32 Å². The van der Waals surface area contributed by atoms with Gasteiger partial charge in [0.1, 0.15) is 17.2 Å². The maximum Gasteiger partial charge on any atom is 0.270 e. The molecular weight excluding hydrogens is 470 g/mol. The van der Waals surface area contributed by atoms with E-state index >= 15 is 0 Å². The van der Waals surface area contributed by atoms with Gasteiger partial charge < -0.3 is 4.42 Å². The van der Waals surface area contributed by atoms with E-state index in [4.69, 9.17) is 28.2 Å². The fourth-order valence-corrected chi connectivity index (χ4v) is 2.95. The van der Waals surface area contributed by atoms with Gasteiger partial charge in [0.05, 0.1) is 10.7 Å². The smallest absolute Gasteiger partial charge is 0.270 e. The minimum absolute atomic E-state index is 0.112. The molecule has 122 valence electrons. The third kappa shape index (κ3) is 3.21. The minimum atomic E-state index is -0.655. The molecule has 0 bridgehead atoms. The fourth-order valence-electron chi connectivity index (χ4n) is 2.06. The van der Waals surface area contributed by atoms with Crippen molar-refractivity contribution in [1.82, 2.24) is 5.32 Å². The molecule has 0 spiro atoms. The highest BCUT2D eigenvalue weighted by molar-refractivity contribution is 14.1. The maximum atomic E-state index is 13.3. The number of anilines is 1. The average Bonchev–Trinajstić information content (AvgIpc) is 2.92. The van der Waals surface area contributed by atoms with Crippen molar-refractivity contribution in [2.24, 2.45) is 0 Å². The molecule has 24 heavy (non-hydrogen) atoms. The summed E-state index contributed by atoms with van der Waals surface area (Å²) in [4.78, 5) is 25.8. The molecule has 9 heteroatoms. The Hall–Kier alpha value is -1.78. The van der Waals surface area contributed by atoms with Crippen LogP contribution in [0.1, 0.15) is 5.76 Å². The van der Waals surface area contributed by atoms with Gasteiger partial charge in [0.2, 0.25) is 0 Å². The van der Waals surface area contributed by atoms with Crippen LogP contribution in [0, 0.1) is 9.58 Å². The van der Waals surface area contributed by atoms with Crippen LogP contribution in [0.4, 0.5) is 10.1 Å². The Morgan fingerprint density at radius 3 is 2.67 bits per heavy atom. The molecule has 5 nitrogen and oxygen atoms in total. The van der Waals surface area contributed by atoms with Gasteiger partial charge in [0, 0.05) is 0 Å². The molecule has 3 rings (SSSR count). The Morgan fingerprint density at radius 2 is 2.04 bits per heavy atom. The largest absolute Gasteiger partial charge is 0.451 e. The van der Waals surface area contributed by atoms with Crippen LogP contribution in [0.3, 0.4) is 0 Å². The van der Waals surface area contributed by atoms with E-state index < -0.39 is 17.6 Å². The number of carbonyl (C=O) groups is 2. The first-order chi connectivity index (χ1) is 11.4. The zero-order valence-electron chi connectivity index (χ0n) is 11.7. The summed E-state index contributed by atoms with van der Waals surface area (Å²) in [7, 11) is 0. The van der Waals surface area contributed by atoms with Gasteiger partial charge >= 0.3 is 0 Å². The molecule has 0 unspecified atom stereocenters. The number of halogens is 3. The zero-order chi connectivity index (χ0) is 17.4. The highest BCUT2D eigenvalue weighted by Gasteiger charge is 2.35. The topological polar surface area (TPSA) is 62.6 Å². The predicted molar refractivity (Wildman–Crippen MR) is 99.0 cm³/mol. The van der Waals surface area contributed by atoms with Crippen LogP contribution in [-0.2, 0) is 9.59 Å². The molecule has 1 aromatic carbocycles. The van der Waals surface area contributed by atoms with Crippen LogP contribution in [0.15, 0.2) is 40.3 Å². The fraction of sp³-hybridized carbons (Fsp3) is 0. The highest BCUT2D eigenvalue weighted by atomic mass is 127. The summed E-state index contributed by atoms with van der Waals surface area (Å²) >= 11 is 12.8. The van der Waals surface area contributed by atoms with Crippen LogP contribution in [0.5, 0.6) is 0 Å². The molecule has 1 aliphatic heterocycles. The molecule has 1 saturated heterocycles. The Balaban J connectivity index is 2.02. The zero-order valence-corrected chi connectivity index (χ0v) is 15.4. The summed E-state index contributed by atoms with van der Waals surface area (Å²) < 4.78 is 19.3. The lowest BCUT2D eigenvalue weighted by atomic mass is 10.1. The number of nitrogens with one attached hydrogen (secondary N) is 1. The number of hydrogen-bond donors (Lipinski definition) is 1. The van der Waals surface area contributed by atoms with Gasteiger partial charge in [0.25, 0.3) is 11.8 Å². The van der Waals surface area contributed by atoms with Crippen LogP contribution < -0.4 is 10.2 Å². The van der Waals surface area contributed by atoms with E-state index in [1.54, 1.807) is 12.1 Å². The summed E-state index contributed by atoms with van der Waals surface area (Å²) in [5.41, 5.74) is 0.0890. The average molecular weight is 477 g/mol. The van der Waals surface area contributed by atoms with Crippen molar-refractivity contribution >= 4 is 75.1 Å². The molecule has 1 aliphatic rings. The summed E-state index contributed by atoms with van der Waals surface area (Å²) in [6, 6.07) is 7.03. The van der Waals surface area contributed by atoms with E-state index in [-0.39, 0.29) is 21.4 Å². The van der Waals surface area contributed by atoms with E-state index in [0.29, 0.717) is 9.53 Å². The van der Waals surface area contributed by atoms with Crippen molar-refractivity contribution in [3.63, 3.8) is 0 Å². The summed E-state index contributed by atoms with van der Waals surface area (Å²) in [6.07, 6.45) is 1.32. The molecule has 0 saturated carbocycles. The van der Waals surface area contributed by atoms with Gasteiger partial charge in [0.15, 0.2) is 8.88 Å². The first kappa shape index (κ1) is 17.1. The molecular formula is C15H7ClFIN2O3S. The van der Waals surface area contributed by atoms with E-state index in [0.717, 1.165) is 11.0 Å². The number of hydrogen-bond acceptors (Lipinski definition) is 4. The van der Waals surface area contributed by atoms with Crippen LogP contribution in [0.2, 0.25) is 5.02 Å². The molecule has 1 aromatic heterocycles. The Bertz CT molecular complexity index is 912. The third-order valence-electron chi connectivity index (χ3n) is 3.14. The molecule has 2 heterocycles. The van der Waals surface area contributed by atoms with Crippen molar-refractivity contribution < 1.29 is 18.4 Å². The maximum absolute atomic E-state index is 13.3. The lowest BCUT2D eigenvalue weighted by Gasteiger charge is -2.28. The molecule has 2 amide bonds. The van der Waals surface area contributed by atoms with Crippen molar-refractivity contribution in [2.45, 2.75) is 0 Å². The van der Waals surface area contributed by atoms with Gasteiger partial charge in [-0.15, -0.1) is 0 Å². The van der Waals surface area contributed by atoms with Gasteiger partial charge in [-0.05, 0) is 71.2 Å². The summed E-state index contributed by atoms with van der Waals surface area (Å²) in [5.74, 6) is -1.57. The summed E-state index contributed by atoms with van der Waals surface area (Å²) in [5, 5.41) is 2.15. The van der Waals surface area contributed by atoms with Crippen LogP contribution >= 0.6 is 46.4 Å². The second kappa shape index (κ2) is 6.61. The lowest BCUT2D eigenvalue weighted by molar-refractivity contribution is -0.122. The van der Waals surface area contributed by atoms with Gasteiger partial charge in [-0.2, -0.15) is 0 Å². The van der Waals surface area contributed by atoms with Gasteiger partial charge in [-0.25, -0.2) is 4.39 Å². The third-order valence-corrected chi connectivity index (χ3v) is 4.30. The van der Waals surface area contributed by atoms with E-state index in [1.165, 1.54) is 18.2 Å². The molecule has 2 aromatic rings. The molecule has 1 N–H and O–H groups in total. The number of furan rings is 1. The Morgan fingerprint density at radius 1 is 1.29 bits per heavy atom. The predicted octanol–water partition coefficient (Wildman–Crippen LogP) is 3.51. The van der Waals surface area contributed by atoms with Crippen LogP contribution in [-0.4, -0.2) is 16.9 Å². The Kier molecular flexibility index (Phi) is 4.70. The first-order valence-electron chi connectivity index (χ1n) is 6.48. The minimum Gasteiger partial charge on any atom is -0.451 e. The molecule has 0 atom stereocenters. The number of carbonyl (C=O) groups excluding carboxylic acids is 2. The lowest BCUT2D eigenvalue weighted by Crippen LogP contribution is -2.54. The van der Waals surface area contributed by atoms with Crippen LogP contribution in [0.25, 0.3) is 6.08 Å². The number of benzene rings is 1. The molecule has 0 radical (unpaired) electrons. The number of rotatable bonds is 2. The Labute approximate surface area is 159 Å². The number of amides is 2. The quantitative estimate of drug-likeness (QED) is 0.312. The van der Waals surface area contributed by atoms with Gasteiger partial charge in [-0.3, -0.25) is 19.8 Å². The molecule has 0 aliphatic carbocycles. The van der Waals surface area contributed by atoms with Crippen molar-refractivity contribution in [3.8, 4) is 0 Å². The highest BCUT2D eigenvalue weighted by Crippen LogP contribution is 2.26. The van der Waals surface area contributed by atoms with E-state index in [1.807, 2.05) is 22.6 Å². The van der Waals surface area contributed by atoms with Gasteiger partial charge in [-0.1, -0.05) is 11.6 Å². The summed E-state index contributed by atoms with van der Waals surface area (Å²) in [6.45, 7) is 0. The van der Waals surface area contributed by atoms with Crippen molar-refractivity contribution in [2.75, 3.05) is 4.90 Å². The van der Waals surface area contributed by atoms with E-state index in [9.17, 15) is 14.0 Å². The normalized spacial score (nSPS) is 16.7.